The summed E-state index contributed by atoms with van der Waals surface area (Å²) in [5, 5.41) is 0. The van der Waals surface area contributed by atoms with E-state index in [1.165, 1.54) is 47.7 Å². The summed E-state index contributed by atoms with van der Waals surface area (Å²) in [5.74, 6) is -0.0158. The number of likely N-dealkylation sites (tertiary alicyclic amines) is 1. The van der Waals surface area contributed by atoms with Crippen LogP contribution in [0.1, 0.15) is 62.7 Å². The Hall–Kier alpha value is -0.920. The molecule has 4 rings (SSSR count). The Labute approximate surface area is 173 Å². The summed E-state index contributed by atoms with van der Waals surface area (Å²) in [5.41, 5.74) is 0.480. The molecular weight excluding hydrogens is 392 g/mol. The minimum absolute atomic E-state index is 0.174. The zero-order valence-corrected chi connectivity index (χ0v) is 18.5. The standard InChI is InChI=1S/C21H32N2O3S2/c1-17-7-8-19(27-17)28(25,26)23-13-5-6-18(16-23)20(24)22-14-11-21(12-15-22)9-3-2-4-10-21/h7-8,18H,2-6,9-16H2,1H3. The lowest BCUT2D eigenvalue weighted by Crippen LogP contribution is -2.50. The Balaban J connectivity index is 1.39. The molecule has 7 heteroatoms. The number of amides is 1. The number of rotatable bonds is 3. The average Bonchev–Trinajstić information content (AvgIpc) is 3.16. The number of hydrogen-bond donors (Lipinski definition) is 0. The Kier molecular flexibility index (Phi) is 5.87. The van der Waals surface area contributed by atoms with Gasteiger partial charge in [-0.25, -0.2) is 8.42 Å². The molecule has 0 radical (unpaired) electrons. The van der Waals surface area contributed by atoms with E-state index in [4.69, 9.17) is 0 Å². The first-order chi connectivity index (χ1) is 13.4. The number of piperidine rings is 2. The zero-order valence-electron chi connectivity index (χ0n) is 16.9. The first kappa shape index (κ1) is 20.4. The van der Waals surface area contributed by atoms with Gasteiger partial charge in [0.05, 0.1) is 5.92 Å². The molecule has 1 aromatic heterocycles. The van der Waals surface area contributed by atoms with Gasteiger partial charge in [0.2, 0.25) is 5.91 Å². The van der Waals surface area contributed by atoms with Gasteiger partial charge in [-0.3, -0.25) is 4.79 Å². The van der Waals surface area contributed by atoms with Crippen LogP contribution in [-0.4, -0.2) is 49.7 Å². The van der Waals surface area contributed by atoms with E-state index >= 15 is 0 Å². The van der Waals surface area contributed by atoms with Crippen LogP contribution < -0.4 is 0 Å². The van der Waals surface area contributed by atoms with Gasteiger partial charge in [-0.05, 0) is 63.0 Å². The van der Waals surface area contributed by atoms with Crippen molar-refractivity contribution in [2.75, 3.05) is 26.2 Å². The van der Waals surface area contributed by atoms with Crippen LogP contribution in [0.2, 0.25) is 0 Å². The van der Waals surface area contributed by atoms with Crippen molar-refractivity contribution >= 4 is 27.3 Å². The number of carbonyl (C=O) groups excluding carboxylic acids is 1. The first-order valence-electron chi connectivity index (χ1n) is 10.8. The number of nitrogens with zero attached hydrogens (tertiary/aromatic N) is 2. The van der Waals surface area contributed by atoms with E-state index in [2.05, 4.69) is 0 Å². The predicted octanol–water partition coefficient (Wildman–Crippen LogP) is 4.03. The van der Waals surface area contributed by atoms with Crippen LogP contribution in [0.4, 0.5) is 0 Å². The van der Waals surface area contributed by atoms with Crippen LogP contribution in [0, 0.1) is 18.3 Å². The summed E-state index contributed by atoms with van der Waals surface area (Å²) in [4.78, 5) is 16.2. The normalized spacial score (nSPS) is 26.5. The highest BCUT2D eigenvalue weighted by Gasteiger charge is 2.40. The summed E-state index contributed by atoms with van der Waals surface area (Å²) in [7, 11) is -3.48. The van der Waals surface area contributed by atoms with Crippen molar-refractivity contribution < 1.29 is 13.2 Å². The largest absolute Gasteiger partial charge is 0.342 e. The van der Waals surface area contributed by atoms with E-state index < -0.39 is 10.0 Å². The van der Waals surface area contributed by atoms with Crippen LogP contribution in [0.3, 0.4) is 0 Å². The van der Waals surface area contributed by atoms with E-state index in [9.17, 15) is 13.2 Å². The molecule has 0 N–H and O–H groups in total. The van der Waals surface area contributed by atoms with Crippen molar-refractivity contribution in [1.29, 1.82) is 0 Å². The van der Waals surface area contributed by atoms with Crippen molar-refractivity contribution in [3.8, 4) is 0 Å². The molecule has 1 spiro atoms. The van der Waals surface area contributed by atoms with Crippen molar-refractivity contribution in [3.05, 3.63) is 17.0 Å². The topological polar surface area (TPSA) is 57.7 Å². The summed E-state index contributed by atoms with van der Waals surface area (Å²) >= 11 is 1.31. The Morgan fingerprint density at radius 3 is 2.39 bits per heavy atom. The number of carbonyl (C=O) groups is 1. The number of hydrogen-bond acceptors (Lipinski definition) is 4. The number of thiophene rings is 1. The second-order valence-electron chi connectivity index (χ2n) is 8.95. The second kappa shape index (κ2) is 8.07. The van der Waals surface area contributed by atoms with Gasteiger partial charge in [-0.15, -0.1) is 11.3 Å². The van der Waals surface area contributed by atoms with E-state index in [1.807, 2.05) is 17.9 Å². The molecular formula is C21H32N2O3S2. The van der Waals surface area contributed by atoms with E-state index in [0.29, 0.717) is 22.7 Å². The van der Waals surface area contributed by atoms with Gasteiger partial charge in [0.15, 0.2) is 0 Å². The molecule has 2 aliphatic heterocycles. The van der Waals surface area contributed by atoms with Crippen LogP contribution in [-0.2, 0) is 14.8 Å². The lowest BCUT2D eigenvalue weighted by atomic mass is 9.68. The van der Waals surface area contributed by atoms with Gasteiger partial charge in [0, 0.05) is 31.1 Å². The van der Waals surface area contributed by atoms with Gasteiger partial charge in [-0.1, -0.05) is 19.3 Å². The highest BCUT2D eigenvalue weighted by atomic mass is 32.2. The average molecular weight is 425 g/mol. The molecule has 1 aromatic rings. The summed E-state index contributed by atoms with van der Waals surface area (Å²) in [6.45, 7) is 4.48. The summed E-state index contributed by atoms with van der Waals surface area (Å²) in [6.07, 6.45) is 10.5. The van der Waals surface area contributed by atoms with Gasteiger partial charge in [-0.2, -0.15) is 4.31 Å². The van der Waals surface area contributed by atoms with Crippen molar-refractivity contribution in [2.24, 2.45) is 11.3 Å². The Bertz CT molecular complexity index is 801. The summed E-state index contributed by atoms with van der Waals surface area (Å²) < 4.78 is 27.9. The molecule has 5 nitrogen and oxygen atoms in total. The van der Waals surface area contributed by atoms with Gasteiger partial charge in [0.1, 0.15) is 4.21 Å². The molecule has 3 fully saturated rings. The highest BCUT2D eigenvalue weighted by molar-refractivity contribution is 7.91. The molecule has 1 amide bonds. The summed E-state index contributed by atoms with van der Waals surface area (Å²) in [6, 6.07) is 3.54. The van der Waals surface area contributed by atoms with Crippen LogP contribution in [0.5, 0.6) is 0 Å². The fraction of sp³-hybridized carbons (Fsp3) is 0.762. The second-order valence-corrected chi connectivity index (χ2v) is 12.4. The van der Waals surface area contributed by atoms with E-state index in [1.54, 1.807) is 6.07 Å². The van der Waals surface area contributed by atoms with Crippen LogP contribution in [0.15, 0.2) is 16.3 Å². The highest BCUT2D eigenvalue weighted by Crippen LogP contribution is 2.44. The molecule has 156 valence electrons. The third-order valence-corrected chi connectivity index (χ3v) is 10.4. The SMILES string of the molecule is Cc1ccc(S(=O)(=O)N2CCCC(C(=O)N3CCC4(CCCCC4)CC3)C2)s1. The first-order valence-corrected chi connectivity index (χ1v) is 13.0. The molecule has 1 atom stereocenters. The maximum atomic E-state index is 13.1. The van der Waals surface area contributed by atoms with Gasteiger partial charge < -0.3 is 4.90 Å². The lowest BCUT2D eigenvalue weighted by Gasteiger charge is -2.45. The quantitative estimate of drug-likeness (QED) is 0.736. The fourth-order valence-corrected chi connectivity index (χ4v) is 8.26. The molecule has 0 aromatic carbocycles. The molecule has 3 heterocycles. The third-order valence-electron chi connectivity index (χ3n) is 7.09. The zero-order chi connectivity index (χ0) is 19.8. The molecule has 3 aliphatic rings. The molecule has 1 aliphatic carbocycles. The van der Waals surface area contributed by atoms with Crippen LogP contribution in [0.25, 0.3) is 0 Å². The maximum absolute atomic E-state index is 13.1. The molecule has 28 heavy (non-hydrogen) atoms. The van der Waals surface area contributed by atoms with Gasteiger partial charge in [0.25, 0.3) is 10.0 Å². The monoisotopic (exact) mass is 424 g/mol. The Morgan fingerprint density at radius 1 is 1.04 bits per heavy atom. The van der Waals surface area contributed by atoms with E-state index in [-0.39, 0.29) is 11.8 Å². The minimum atomic E-state index is -3.48. The maximum Gasteiger partial charge on any atom is 0.252 e. The van der Waals surface area contributed by atoms with Crippen molar-refractivity contribution in [3.63, 3.8) is 0 Å². The third kappa shape index (κ3) is 4.03. The molecule has 2 saturated heterocycles. The number of aryl methyl sites for hydroxylation is 1. The lowest BCUT2D eigenvalue weighted by molar-refractivity contribution is -0.139. The van der Waals surface area contributed by atoms with Gasteiger partial charge >= 0.3 is 0 Å². The smallest absolute Gasteiger partial charge is 0.252 e. The molecule has 1 saturated carbocycles. The minimum Gasteiger partial charge on any atom is -0.342 e. The van der Waals surface area contributed by atoms with Crippen molar-refractivity contribution in [2.45, 2.75) is 68.9 Å². The fourth-order valence-electron chi connectivity index (χ4n) is 5.30. The molecule has 1 unspecified atom stereocenters. The van der Waals surface area contributed by atoms with Crippen LogP contribution >= 0.6 is 11.3 Å². The predicted molar refractivity (Wildman–Crippen MR) is 112 cm³/mol. The van der Waals surface area contributed by atoms with E-state index in [0.717, 1.165) is 43.6 Å². The number of sulfonamides is 1. The van der Waals surface area contributed by atoms with Crippen molar-refractivity contribution in [1.82, 2.24) is 9.21 Å². The molecule has 0 bridgehead atoms. The Morgan fingerprint density at radius 2 is 1.75 bits per heavy atom.